The number of esters is 2. The van der Waals surface area contributed by atoms with Gasteiger partial charge in [-0.15, -0.1) is 0 Å². The van der Waals surface area contributed by atoms with Crippen LogP contribution in [0.1, 0.15) is 109 Å². The Kier molecular flexibility index (Phi) is 14.4. The van der Waals surface area contributed by atoms with Crippen LogP contribution in [0.3, 0.4) is 0 Å². The fourth-order valence-electron chi connectivity index (χ4n) is 7.00. The maximum atomic E-state index is 12.1. The maximum absolute atomic E-state index is 12.1. The van der Waals surface area contributed by atoms with E-state index in [0.29, 0.717) is 43.1 Å². The molecule has 16 heteroatoms. The van der Waals surface area contributed by atoms with Crippen LogP contribution in [0.4, 0.5) is 5.82 Å². The third kappa shape index (κ3) is 10.8. The van der Waals surface area contributed by atoms with Crippen molar-refractivity contribution in [3.05, 3.63) is 75.2 Å². The Labute approximate surface area is 314 Å². The highest BCUT2D eigenvalue weighted by Crippen LogP contribution is 2.44. The zero-order valence-electron chi connectivity index (χ0n) is 31.4. The average molecular weight is 754 g/mol. The number of aliphatic hydroxyl groups is 2. The number of aryl methyl sites for hydroxylation is 4. The van der Waals surface area contributed by atoms with Gasteiger partial charge in [-0.2, -0.15) is 10.2 Å². The van der Waals surface area contributed by atoms with E-state index in [1.165, 1.54) is 14.2 Å². The molecule has 2 aliphatic rings. The summed E-state index contributed by atoms with van der Waals surface area (Å²) in [6.45, 7) is 7.38. The van der Waals surface area contributed by atoms with E-state index in [1.54, 1.807) is 12.1 Å². The molecule has 2 aliphatic carbocycles. The second-order valence-corrected chi connectivity index (χ2v) is 14.5. The third-order valence-corrected chi connectivity index (χ3v) is 10.3. The number of nitrogens with zero attached hydrogens (tertiary/aromatic N) is 6. The molecule has 288 valence electrons. The number of nitrogens with two attached hydrogens (primary N) is 1. The molecule has 6 rings (SSSR count). The number of anilines is 1. The number of ether oxygens (including phenoxy) is 2. The fourth-order valence-corrected chi connectivity index (χ4v) is 7.24. The summed E-state index contributed by atoms with van der Waals surface area (Å²) in [5.74, 6) is 1.82. The molecule has 0 radical (unpaired) electrons. The van der Waals surface area contributed by atoms with Crippen molar-refractivity contribution in [3.63, 3.8) is 0 Å². The first-order chi connectivity index (χ1) is 25.2. The molecule has 4 aromatic heterocycles. The zero-order chi connectivity index (χ0) is 38.8. The Balaban J connectivity index is 0.000000204. The van der Waals surface area contributed by atoms with Gasteiger partial charge in [0.1, 0.15) is 22.6 Å². The Morgan fingerprint density at radius 2 is 1.21 bits per heavy atom. The molecule has 0 atom stereocenters. The highest BCUT2D eigenvalue weighted by Gasteiger charge is 2.44. The summed E-state index contributed by atoms with van der Waals surface area (Å²) >= 11 is 5.96. The van der Waals surface area contributed by atoms with E-state index in [2.05, 4.69) is 35.3 Å². The molecule has 0 unspecified atom stereocenters. The molecule has 0 aliphatic heterocycles. The highest BCUT2D eigenvalue weighted by molar-refractivity contribution is 6.29. The lowest BCUT2D eigenvalue weighted by atomic mass is 9.70. The van der Waals surface area contributed by atoms with Crippen molar-refractivity contribution in [1.29, 1.82) is 0 Å². The van der Waals surface area contributed by atoms with E-state index in [-0.39, 0.29) is 37.0 Å². The van der Waals surface area contributed by atoms with Gasteiger partial charge in [-0.3, -0.25) is 19.8 Å². The molecule has 4 heterocycles. The maximum Gasteiger partial charge on any atom is 0.314 e. The van der Waals surface area contributed by atoms with Crippen molar-refractivity contribution in [2.75, 3.05) is 33.2 Å². The average Bonchev–Trinajstić information content (AvgIpc) is 3.75. The van der Waals surface area contributed by atoms with Crippen molar-refractivity contribution in [2.24, 2.45) is 10.8 Å². The van der Waals surface area contributed by atoms with Gasteiger partial charge in [0.05, 0.1) is 49.7 Å². The number of carbonyl (C=O) groups is 2. The summed E-state index contributed by atoms with van der Waals surface area (Å²) in [6, 6.07) is 7.51. The second-order valence-electron chi connectivity index (χ2n) is 14.2. The third-order valence-electron chi connectivity index (χ3n) is 10.1. The number of aliphatic hydroxyl groups excluding tert-OH is 2. The molecule has 2 fully saturated rings. The van der Waals surface area contributed by atoms with Gasteiger partial charge in [0.25, 0.3) is 0 Å². The summed E-state index contributed by atoms with van der Waals surface area (Å²) in [5.41, 5.74) is 9.41. The van der Waals surface area contributed by atoms with Crippen LogP contribution in [0.25, 0.3) is 0 Å². The molecular formula is C37H52ClN9O6. The lowest BCUT2D eigenvalue weighted by Gasteiger charge is -2.35. The first-order valence-electron chi connectivity index (χ1n) is 17.8. The number of aromatic nitrogens is 8. The molecule has 2 saturated carbocycles. The number of aromatic amines is 2. The van der Waals surface area contributed by atoms with Crippen LogP contribution >= 0.6 is 11.6 Å². The number of halogens is 1. The Bertz CT molecular complexity index is 1780. The molecule has 0 spiro atoms. The Hall–Kier alpha value is -4.47. The minimum absolute atomic E-state index is 0.176. The first-order valence-corrected chi connectivity index (χ1v) is 18.2. The van der Waals surface area contributed by atoms with Crippen molar-refractivity contribution >= 4 is 29.4 Å². The normalized spacial score (nSPS) is 22.4. The molecule has 0 amide bonds. The summed E-state index contributed by atoms with van der Waals surface area (Å²) in [5, 5.41) is 33.3. The largest absolute Gasteiger partial charge is 0.469 e. The standard InChI is InChI=1S/C19H26N4O3.C14H19ClN2O3.C4H7N3/c1-12-8-15(10-16-9-13(2)22-23-16)21-17(20-12)14-4-6-19(11-24,7-5-14)18(25)26-3;1-9-7-11(15)17-12(16-9)10-3-5-14(8-18,6-4-10)13(19)20-2;1-3-2-4(5)7-6-3/h8-9,14,24H,4-7,10-11H2,1-3H3,(H,22,23);7,10,18H,3-6,8H2,1-2H3;2H,1H3,(H3,5,6,7). The quantitative estimate of drug-likeness (QED) is 0.121. The first kappa shape index (κ1) is 41.3. The van der Waals surface area contributed by atoms with Crippen LogP contribution in [0.5, 0.6) is 0 Å². The Morgan fingerprint density at radius 3 is 1.58 bits per heavy atom. The molecule has 53 heavy (non-hydrogen) atoms. The van der Waals surface area contributed by atoms with E-state index in [0.717, 1.165) is 71.5 Å². The number of hydrogen-bond donors (Lipinski definition) is 5. The summed E-state index contributed by atoms with van der Waals surface area (Å²) in [4.78, 5) is 42.0. The summed E-state index contributed by atoms with van der Waals surface area (Å²) < 4.78 is 9.70. The molecule has 4 aromatic rings. The highest BCUT2D eigenvalue weighted by atomic mass is 35.5. The number of rotatable bonds is 8. The topological polar surface area (TPSA) is 228 Å². The van der Waals surface area contributed by atoms with Crippen molar-refractivity contribution in [1.82, 2.24) is 40.3 Å². The Morgan fingerprint density at radius 1 is 0.736 bits per heavy atom. The number of nitrogens with one attached hydrogen (secondary N) is 2. The predicted octanol–water partition coefficient (Wildman–Crippen LogP) is 4.76. The van der Waals surface area contributed by atoms with E-state index in [9.17, 15) is 19.8 Å². The number of hydrogen-bond acceptors (Lipinski definition) is 13. The van der Waals surface area contributed by atoms with Crippen LogP contribution < -0.4 is 5.73 Å². The number of methoxy groups -OCH3 is 2. The predicted molar refractivity (Wildman–Crippen MR) is 198 cm³/mol. The molecule has 6 N–H and O–H groups in total. The van der Waals surface area contributed by atoms with Crippen molar-refractivity contribution in [3.8, 4) is 0 Å². The van der Waals surface area contributed by atoms with Gasteiger partial charge in [-0.25, -0.2) is 19.9 Å². The van der Waals surface area contributed by atoms with Gasteiger partial charge in [0.2, 0.25) is 0 Å². The SMILES string of the molecule is COC(=O)C1(CO)CCC(c2nc(C)cc(Cc3cc(C)[nH]n3)n2)CC1.COC(=O)C1(CO)CCC(c2nc(C)cc(Cl)n2)CC1.Cc1cc(N)n[nH]1. The minimum Gasteiger partial charge on any atom is -0.469 e. The smallest absolute Gasteiger partial charge is 0.314 e. The van der Waals surface area contributed by atoms with Crippen molar-refractivity contribution in [2.45, 2.75) is 97.3 Å². The van der Waals surface area contributed by atoms with E-state index in [4.69, 9.17) is 31.8 Å². The minimum atomic E-state index is -0.773. The zero-order valence-corrected chi connectivity index (χ0v) is 32.2. The van der Waals surface area contributed by atoms with E-state index >= 15 is 0 Å². The van der Waals surface area contributed by atoms with Crippen LogP contribution in [0.2, 0.25) is 5.15 Å². The lowest BCUT2D eigenvalue weighted by molar-refractivity contribution is -0.159. The van der Waals surface area contributed by atoms with Crippen LogP contribution in [-0.4, -0.2) is 89.9 Å². The van der Waals surface area contributed by atoms with Crippen LogP contribution in [-0.2, 0) is 25.5 Å². The van der Waals surface area contributed by atoms with Gasteiger partial charge in [-0.05, 0) is 97.3 Å². The lowest BCUT2D eigenvalue weighted by Crippen LogP contribution is -2.39. The summed E-state index contributed by atoms with van der Waals surface area (Å²) in [6.07, 6.45) is 6.02. The number of carbonyl (C=O) groups excluding carboxylic acids is 2. The van der Waals surface area contributed by atoms with E-state index in [1.807, 2.05) is 39.8 Å². The van der Waals surface area contributed by atoms with E-state index < -0.39 is 10.8 Å². The molecule has 15 nitrogen and oxygen atoms in total. The molecule has 0 saturated heterocycles. The molecule has 0 aromatic carbocycles. The van der Waals surface area contributed by atoms with Gasteiger partial charge >= 0.3 is 11.9 Å². The van der Waals surface area contributed by atoms with Crippen LogP contribution in [0, 0.1) is 38.5 Å². The number of nitrogen functional groups attached to an aromatic ring is 1. The second kappa shape index (κ2) is 18.5. The molecule has 0 bridgehead atoms. The van der Waals surface area contributed by atoms with Gasteiger partial charge in [0.15, 0.2) is 0 Å². The van der Waals surface area contributed by atoms with Gasteiger partial charge < -0.3 is 25.4 Å². The fraction of sp³-hybridized carbons (Fsp3) is 0.568. The van der Waals surface area contributed by atoms with Gasteiger partial charge in [0, 0.05) is 47.1 Å². The number of H-pyrrole nitrogens is 2. The van der Waals surface area contributed by atoms with Gasteiger partial charge in [-0.1, -0.05) is 11.6 Å². The van der Waals surface area contributed by atoms with Crippen molar-refractivity contribution < 1.29 is 29.3 Å². The monoisotopic (exact) mass is 753 g/mol. The summed E-state index contributed by atoms with van der Waals surface area (Å²) in [7, 11) is 2.73. The molecular weight excluding hydrogens is 702 g/mol. The van der Waals surface area contributed by atoms with Crippen LogP contribution in [0.15, 0.2) is 24.3 Å².